The standard InChI is InChI=1S/C10H11N5O3/c1-11-10(18)15(2)6-4-13-8-7(14-6)5(3-12-8)9(16)17/h3-4H,1-2H3,(H,11,18)(H,12,13)(H,16,17). The molecule has 2 aromatic rings. The van der Waals surface area contributed by atoms with Crippen molar-refractivity contribution in [1.82, 2.24) is 20.3 Å². The minimum atomic E-state index is -1.10. The third-order valence-corrected chi connectivity index (χ3v) is 2.46. The molecule has 2 amide bonds. The Morgan fingerprint density at radius 3 is 2.83 bits per heavy atom. The maximum atomic E-state index is 11.4. The number of amides is 2. The third kappa shape index (κ3) is 1.83. The number of aromatic carboxylic acids is 1. The van der Waals surface area contributed by atoms with E-state index in [0.717, 1.165) is 0 Å². The van der Waals surface area contributed by atoms with Crippen molar-refractivity contribution in [1.29, 1.82) is 0 Å². The smallest absolute Gasteiger partial charge is 0.339 e. The zero-order chi connectivity index (χ0) is 13.3. The largest absolute Gasteiger partial charge is 0.478 e. The van der Waals surface area contributed by atoms with Gasteiger partial charge in [0.05, 0.1) is 6.20 Å². The van der Waals surface area contributed by atoms with Gasteiger partial charge in [0.1, 0.15) is 11.1 Å². The molecule has 0 aliphatic rings. The summed E-state index contributed by atoms with van der Waals surface area (Å²) >= 11 is 0. The number of fused-ring (bicyclic) bond motifs is 1. The van der Waals surface area contributed by atoms with Crippen LogP contribution in [0.2, 0.25) is 0 Å². The van der Waals surface area contributed by atoms with Gasteiger partial charge in [-0.25, -0.2) is 19.6 Å². The topological polar surface area (TPSA) is 111 Å². The number of carboxylic acids is 1. The summed E-state index contributed by atoms with van der Waals surface area (Å²) in [5, 5.41) is 11.4. The number of hydrogen-bond donors (Lipinski definition) is 3. The number of carboxylic acid groups (broad SMARTS) is 1. The predicted molar refractivity (Wildman–Crippen MR) is 63.7 cm³/mol. The fraction of sp³-hybridized carbons (Fsp3) is 0.200. The van der Waals surface area contributed by atoms with Gasteiger partial charge < -0.3 is 15.4 Å². The highest BCUT2D eigenvalue weighted by Gasteiger charge is 2.16. The maximum Gasteiger partial charge on any atom is 0.339 e. The van der Waals surface area contributed by atoms with Crippen molar-refractivity contribution in [2.75, 3.05) is 19.0 Å². The van der Waals surface area contributed by atoms with Crippen LogP contribution in [-0.2, 0) is 0 Å². The van der Waals surface area contributed by atoms with Crippen LogP contribution in [0.5, 0.6) is 0 Å². The van der Waals surface area contributed by atoms with Crippen molar-refractivity contribution in [3.05, 3.63) is 18.0 Å². The van der Waals surface area contributed by atoms with E-state index >= 15 is 0 Å². The van der Waals surface area contributed by atoms with Crippen LogP contribution in [-0.4, -0.2) is 46.2 Å². The first-order valence-electron chi connectivity index (χ1n) is 5.07. The predicted octanol–water partition coefficient (Wildman–Crippen LogP) is 0.432. The molecule has 0 unspecified atom stereocenters. The van der Waals surface area contributed by atoms with Crippen molar-refractivity contribution in [2.24, 2.45) is 0 Å². The molecule has 8 nitrogen and oxygen atoms in total. The Morgan fingerprint density at radius 2 is 2.22 bits per heavy atom. The molecule has 0 aromatic carbocycles. The minimum absolute atomic E-state index is 0.0182. The van der Waals surface area contributed by atoms with Crippen LogP contribution in [0.4, 0.5) is 10.6 Å². The molecule has 0 spiro atoms. The summed E-state index contributed by atoms with van der Waals surface area (Å²) in [6.07, 6.45) is 2.70. The van der Waals surface area contributed by atoms with Crippen molar-refractivity contribution >= 4 is 29.0 Å². The second-order valence-electron chi connectivity index (χ2n) is 3.55. The number of aromatic nitrogens is 3. The van der Waals surface area contributed by atoms with Gasteiger partial charge in [0.15, 0.2) is 11.5 Å². The summed E-state index contributed by atoms with van der Waals surface area (Å²) in [5.41, 5.74) is 0.599. The summed E-state index contributed by atoms with van der Waals surface area (Å²) in [7, 11) is 3.01. The molecule has 8 heteroatoms. The molecule has 0 fully saturated rings. The fourth-order valence-corrected chi connectivity index (χ4v) is 1.48. The van der Waals surface area contributed by atoms with Gasteiger partial charge in [-0.05, 0) is 0 Å². The van der Waals surface area contributed by atoms with Gasteiger partial charge in [-0.2, -0.15) is 0 Å². The number of nitrogens with zero attached hydrogens (tertiary/aromatic N) is 3. The molecule has 0 saturated heterocycles. The molecule has 2 rings (SSSR count). The first kappa shape index (κ1) is 11.8. The zero-order valence-electron chi connectivity index (χ0n) is 9.76. The highest BCUT2D eigenvalue weighted by molar-refractivity contribution is 6.01. The van der Waals surface area contributed by atoms with Gasteiger partial charge in [0.25, 0.3) is 0 Å². The Hall–Kier alpha value is -2.64. The second-order valence-corrected chi connectivity index (χ2v) is 3.55. The number of anilines is 1. The van der Waals surface area contributed by atoms with E-state index in [9.17, 15) is 9.59 Å². The van der Waals surface area contributed by atoms with E-state index in [0.29, 0.717) is 5.65 Å². The van der Waals surface area contributed by atoms with Crippen LogP contribution in [0.25, 0.3) is 11.2 Å². The molecule has 0 radical (unpaired) electrons. The molecule has 0 aliphatic carbocycles. The van der Waals surface area contributed by atoms with Crippen LogP contribution in [0.3, 0.4) is 0 Å². The van der Waals surface area contributed by atoms with Crippen LogP contribution in [0, 0.1) is 0 Å². The molecule has 3 N–H and O–H groups in total. The number of rotatable bonds is 2. The van der Waals surface area contributed by atoms with Crippen LogP contribution in [0.15, 0.2) is 12.4 Å². The van der Waals surface area contributed by atoms with E-state index in [4.69, 9.17) is 5.11 Å². The lowest BCUT2D eigenvalue weighted by atomic mass is 10.3. The Balaban J connectivity index is 2.51. The lowest BCUT2D eigenvalue weighted by molar-refractivity contribution is 0.0699. The Bertz CT molecular complexity index is 621. The highest BCUT2D eigenvalue weighted by atomic mass is 16.4. The first-order chi connectivity index (χ1) is 8.54. The van der Waals surface area contributed by atoms with E-state index in [1.807, 2.05) is 0 Å². The molecule has 0 saturated carbocycles. The number of urea groups is 1. The van der Waals surface area contributed by atoms with E-state index < -0.39 is 5.97 Å². The number of hydrogen-bond acceptors (Lipinski definition) is 4. The first-order valence-corrected chi connectivity index (χ1v) is 5.07. The second kappa shape index (κ2) is 4.32. The van der Waals surface area contributed by atoms with Gasteiger partial charge >= 0.3 is 12.0 Å². The lowest BCUT2D eigenvalue weighted by Gasteiger charge is -2.14. The summed E-state index contributed by atoms with van der Waals surface area (Å²) in [6, 6.07) is -0.365. The van der Waals surface area contributed by atoms with Gasteiger partial charge in [-0.15, -0.1) is 0 Å². The molecule has 0 bridgehead atoms. The van der Waals surface area contributed by atoms with Crippen molar-refractivity contribution in [3.63, 3.8) is 0 Å². The van der Waals surface area contributed by atoms with Crippen LogP contribution in [0.1, 0.15) is 10.4 Å². The van der Waals surface area contributed by atoms with Crippen molar-refractivity contribution in [3.8, 4) is 0 Å². The highest BCUT2D eigenvalue weighted by Crippen LogP contribution is 2.17. The molecular formula is C10H11N5O3. The summed E-state index contributed by atoms with van der Waals surface area (Å²) < 4.78 is 0. The molecule has 18 heavy (non-hydrogen) atoms. The van der Waals surface area contributed by atoms with E-state index in [1.165, 1.54) is 31.4 Å². The third-order valence-electron chi connectivity index (χ3n) is 2.46. The zero-order valence-corrected chi connectivity index (χ0v) is 9.76. The molecule has 2 heterocycles. The van der Waals surface area contributed by atoms with E-state index in [-0.39, 0.29) is 22.9 Å². The van der Waals surface area contributed by atoms with E-state index in [2.05, 4.69) is 20.3 Å². The number of aromatic amines is 1. The van der Waals surface area contributed by atoms with Gasteiger partial charge in [-0.1, -0.05) is 0 Å². The molecule has 94 valence electrons. The molecule has 0 aliphatic heterocycles. The molecule has 0 atom stereocenters. The Morgan fingerprint density at radius 1 is 1.50 bits per heavy atom. The fourth-order valence-electron chi connectivity index (χ4n) is 1.48. The van der Waals surface area contributed by atoms with Crippen LogP contribution >= 0.6 is 0 Å². The Labute approximate surface area is 102 Å². The monoisotopic (exact) mass is 249 g/mol. The van der Waals surface area contributed by atoms with Crippen LogP contribution < -0.4 is 10.2 Å². The van der Waals surface area contributed by atoms with Gasteiger partial charge in [-0.3, -0.25) is 4.90 Å². The number of carbonyl (C=O) groups is 2. The van der Waals surface area contributed by atoms with Gasteiger partial charge in [0.2, 0.25) is 0 Å². The number of nitrogens with one attached hydrogen (secondary N) is 2. The average molecular weight is 249 g/mol. The van der Waals surface area contributed by atoms with E-state index in [1.54, 1.807) is 0 Å². The summed E-state index contributed by atoms with van der Waals surface area (Å²) in [6.45, 7) is 0. The normalized spacial score (nSPS) is 10.3. The maximum absolute atomic E-state index is 11.4. The lowest BCUT2D eigenvalue weighted by Crippen LogP contribution is -2.35. The van der Waals surface area contributed by atoms with Crippen molar-refractivity contribution < 1.29 is 14.7 Å². The number of carbonyl (C=O) groups excluding carboxylic acids is 1. The summed E-state index contributed by atoms with van der Waals surface area (Å²) in [5.74, 6) is -0.834. The average Bonchev–Trinajstić information content (AvgIpc) is 2.79. The Kier molecular flexibility index (Phi) is 2.84. The quantitative estimate of drug-likeness (QED) is 0.714. The van der Waals surface area contributed by atoms with Gasteiger partial charge in [0, 0.05) is 20.3 Å². The molecule has 2 aromatic heterocycles. The van der Waals surface area contributed by atoms with Crippen molar-refractivity contribution in [2.45, 2.75) is 0 Å². The minimum Gasteiger partial charge on any atom is -0.478 e. The summed E-state index contributed by atoms with van der Waals surface area (Å²) in [4.78, 5) is 34.5. The SMILES string of the molecule is CNC(=O)N(C)c1cnc2[nH]cc(C(=O)O)c2n1. The molecular weight excluding hydrogens is 238 g/mol. The number of H-pyrrole nitrogens is 1.